The Balaban J connectivity index is 2.36. The van der Waals surface area contributed by atoms with E-state index in [1.54, 1.807) is 0 Å². The van der Waals surface area contributed by atoms with Crippen LogP contribution in [0.25, 0.3) is 10.8 Å². The maximum Gasteiger partial charge on any atom is 0.205 e. The second-order valence-corrected chi connectivity index (χ2v) is 4.79. The molecule has 0 aromatic heterocycles. The number of epoxide rings is 1. The third-order valence-electron chi connectivity index (χ3n) is 3.34. The molecule has 0 aliphatic carbocycles. The van der Waals surface area contributed by atoms with Crippen molar-refractivity contribution in [3.63, 3.8) is 0 Å². The molecule has 1 fully saturated rings. The van der Waals surface area contributed by atoms with Gasteiger partial charge in [-0.15, -0.1) is 0 Å². The predicted molar refractivity (Wildman–Crippen MR) is 70.8 cm³/mol. The van der Waals surface area contributed by atoms with Crippen LogP contribution in [0.15, 0.2) is 0 Å². The molecule has 2 aromatic rings. The minimum atomic E-state index is -1.10. The van der Waals surface area contributed by atoms with E-state index in [9.17, 15) is 35.7 Å². The molecular formula is C13H12O9. The molecule has 9 heteroatoms. The summed E-state index contributed by atoms with van der Waals surface area (Å²) in [5.41, 5.74) is 0. The Morgan fingerprint density at radius 1 is 0.727 bits per heavy atom. The van der Waals surface area contributed by atoms with Crippen molar-refractivity contribution in [1.29, 1.82) is 0 Å². The van der Waals surface area contributed by atoms with Gasteiger partial charge in [0.2, 0.25) is 23.0 Å². The van der Waals surface area contributed by atoms with E-state index in [1.165, 1.54) is 0 Å². The number of phenols is 7. The summed E-state index contributed by atoms with van der Waals surface area (Å²) < 4.78 is 10.1. The highest BCUT2D eigenvalue weighted by atomic mass is 16.6. The average molecular weight is 312 g/mol. The first-order chi connectivity index (χ1) is 10.3. The van der Waals surface area contributed by atoms with Gasteiger partial charge in [0.05, 0.1) is 17.4 Å². The second kappa shape index (κ2) is 4.53. The number of ether oxygens (including phenoxy) is 2. The van der Waals surface area contributed by atoms with E-state index < -0.39 is 56.8 Å². The number of fused-ring (bicyclic) bond motifs is 1. The van der Waals surface area contributed by atoms with Crippen LogP contribution in [-0.2, 0) is 4.74 Å². The lowest BCUT2D eigenvalue weighted by Gasteiger charge is -2.16. The zero-order valence-electron chi connectivity index (χ0n) is 10.9. The summed E-state index contributed by atoms with van der Waals surface area (Å²) in [6.07, 6.45) is -0.230. The third-order valence-corrected chi connectivity index (χ3v) is 3.34. The van der Waals surface area contributed by atoms with Gasteiger partial charge in [-0.3, -0.25) is 0 Å². The van der Waals surface area contributed by atoms with Crippen LogP contribution in [0.4, 0.5) is 0 Å². The zero-order valence-corrected chi connectivity index (χ0v) is 10.9. The molecule has 9 nitrogen and oxygen atoms in total. The fourth-order valence-corrected chi connectivity index (χ4v) is 2.09. The van der Waals surface area contributed by atoms with Crippen LogP contribution in [0.5, 0.6) is 46.0 Å². The summed E-state index contributed by atoms with van der Waals surface area (Å²) in [6.45, 7) is 0.404. The van der Waals surface area contributed by atoms with Crippen LogP contribution in [0.3, 0.4) is 0 Å². The number of rotatable bonds is 3. The molecule has 1 aliphatic rings. The maximum absolute atomic E-state index is 9.93. The predicted octanol–water partition coefficient (Wildman–Crippen LogP) is 0.557. The minimum absolute atomic E-state index is 0.0330. The highest BCUT2D eigenvalue weighted by Gasteiger charge is 2.31. The summed E-state index contributed by atoms with van der Waals surface area (Å²) in [6, 6.07) is 0. The second-order valence-electron chi connectivity index (χ2n) is 4.79. The molecule has 1 unspecified atom stereocenters. The Labute approximate surface area is 122 Å². The van der Waals surface area contributed by atoms with Crippen molar-refractivity contribution >= 4 is 10.8 Å². The molecule has 2 aromatic carbocycles. The molecule has 1 aliphatic heterocycles. The van der Waals surface area contributed by atoms with Gasteiger partial charge in [-0.2, -0.15) is 0 Å². The van der Waals surface area contributed by atoms with Crippen LogP contribution in [-0.4, -0.2) is 55.1 Å². The van der Waals surface area contributed by atoms with E-state index in [0.717, 1.165) is 0 Å². The van der Waals surface area contributed by atoms with Crippen molar-refractivity contribution in [1.82, 2.24) is 0 Å². The van der Waals surface area contributed by atoms with Crippen molar-refractivity contribution in [2.45, 2.75) is 6.10 Å². The Hall–Kier alpha value is -2.94. The first-order valence-corrected chi connectivity index (χ1v) is 6.15. The van der Waals surface area contributed by atoms with Crippen LogP contribution in [0.2, 0.25) is 0 Å². The van der Waals surface area contributed by atoms with E-state index >= 15 is 0 Å². The lowest BCUT2D eigenvalue weighted by atomic mass is 10.0. The van der Waals surface area contributed by atoms with Gasteiger partial charge in [-0.05, 0) is 0 Å². The van der Waals surface area contributed by atoms with Crippen LogP contribution < -0.4 is 4.74 Å². The number of hydrogen-bond donors (Lipinski definition) is 7. The number of benzene rings is 2. The van der Waals surface area contributed by atoms with Crippen molar-refractivity contribution in [3.8, 4) is 46.0 Å². The molecule has 1 saturated heterocycles. The minimum Gasteiger partial charge on any atom is -0.504 e. The highest BCUT2D eigenvalue weighted by molar-refractivity contribution is 6.08. The van der Waals surface area contributed by atoms with Crippen LogP contribution in [0.1, 0.15) is 0 Å². The van der Waals surface area contributed by atoms with Gasteiger partial charge in [-0.1, -0.05) is 0 Å². The van der Waals surface area contributed by atoms with Gasteiger partial charge in [-0.25, -0.2) is 0 Å². The van der Waals surface area contributed by atoms with Crippen molar-refractivity contribution in [3.05, 3.63) is 0 Å². The normalized spacial score (nSPS) is 16.8. The van der Waals surface area contributed by atoms with Crippen molar-refractivity contribution in [2.24, 2.45) is 0 Å². The average Bonchev–Trinajstić information content (AvgIpc) is 3.31. The molecule has 22 heavy (non-hydrogen) atoms. The quantitative estimate of drug-likeness (QED) is 0.243. The maximum atomic E-state index is 9.93. The molecule has 0 spiro atoms. The molecule has 0 saturated carbocycles. The third kappa shape index (κ3) is 1.83. The summed E-state index contributed by atoms with van der Waals surface area (Å²) >= 11 is 0. The van der Waals surface area contributed by atoms with Crippen molar-refractivity contribution < 1.29 is 45.2 Å². The smallest absolute Gasteiger partial charge is 0.205 e. The Morgan fingerprint density at radius 2 is 1.18 bits per heavy atom. The SMILES string of the molecule is Oc1c(O)c(O)c2c(OCC3CO3)c(O)c(O)c(O)c2c1O. The number of phenolic OH excluding ortho intramolecular Hbond substituents is 7. The molecule has 0 amide bonds. The fourth-order valence-electron chi connectivity index (χ4n) is 2.09. The summed E-state index contributed by atoms with van der Waals surface area (Å²) in [5, 5.41) is 67.2. The first-order valence-electron chi connectivity index (χ1n) is 6.15. The van der Waals surface area contributed by atoms with Crippen LogP contribution in [0, 0.1) is 0 Å². The largest absolute Gasteiger partial charge is 0.504 e. The van der Waals surface area contributed by atoms with Gasteiger partial charge < -0.3 is 45.2 Å². The van der Waals surface area contributed by atoms with E-state index in [2.05, 4.69) is 0 Å². The summed E-state index contributed by atoms with van der Waals surface area (Å²) in [7, 11) is 0. The number of aromatic hydroxyl groups is 7. The molecule has 118 valence electrons. The molecule has 0 bridgehead atoms. The molecule has 0 radical (unpaired) electrons. The lowest BCUT2D eigenvalue weighted by Crippen LogP contribution is -2.05. The van der Waals surface area contributed by atoms with E-state index in [-0.39, 0.29) is 12.7 Å². The van der Waals surface area contributed by atoms with Gasteiger partial charge in [0.25, 0.3) is 0 Å². The summed E-state index contributed by atoms with van der Waals surface area (Å²) in [5.74, 6) is -7.49. The molecule has 1 atom stereocenters. The molecule has 1 heterocycles. The van der Waals surface area contributed by atoms with Gasteiger partial charge in [0.15, 0.2) is 23.0 Å². The van der Waals surface area contributed by atoms with E-state index in [1.807, 2.05) is 0 Å². The van der Waals surface area contributed by atoms with E-state index in [4.69, 9.17) is 9.47 Å². The van der Waals surface area contributed by atoms with Crippen LogP contribution >= 0.6 is 0 Å². The Bertz CT molecular complexity index is 771. The molecule has 7 N–H and O–H groups in total. The molecule has 3 rings (SSSR count). The van der Waals surface area contributed by atoms with E-state index in [0.29, 0.717) is 6.61 Å². The lowest BCUT2D eigenvalue weighted by molar-refractivity contribution is 0.252. The summed E-state index contributed by atoms with van der Waals surface area (Å²) in [4.78, 5) is 0. The van der Waals surface area contributed by atoms with Crippen molar-refractivity contribution in [2.75, 3.05) is 13.2 Å². The Kier molecular flexibility index (Phi) is 2.89. The fraction of sp³-hybridized carbons (Fsp3) is 0.231. The van der Waals surface area contributed by atoms with Gasteiger partial charge >= 0.3 is 0 Å². The monoisotopic (exact) mass is 312 g/mol. The van der Waals surface area contributed by atoms with Gasteiger partial charge in [0.1, 0.15) is 12.7 Å². The molecular weight excluding hydrogens is 300 g/mol. The first kappa shape index (κ1) is 14.0. The van der Waals surface area contributed by atoms with Gasteiger partial charge in [0, 0.05) is 0 Å². The highest BCUT2D eigenvalue weighted by Crippen LogP contribution is 2.59. The Morgan fingerprint density at radius 3 is 1.68 bits per heavy atom. The standard InChI is InChI=1S/C13H12O9/c14-6-4-5(8(16)10(18)9(6)17)13(22-2-3-1-21-3)12(20)11(19)7(4)15/h3,14-20H,1-2H2. The topological polar surface area (TPSA) is 163 Å². The number of hydrogen-bond acceptors (Lipinski definition) is 9. The zero-order chi connectivity index (χ0) is 16.2.